The third-order valence-corrected chi connectivity index (χ3v) is 4.23. The number of aliphatic carboxylic acids is 1. The molecule has 1 heterocycles. The van der Waals surface area contributed by atoms with Crippen molar-refractivity contribution in [3.63, 3.8) is 0 Å². The molecule has 0 saturated carbocycles. The maximum absolute atomic E-state index is 12.0. The first-order chi connectivity index (χ1) is 9.10. The zero-order chi connectivity index (χ0) is 15.5. The van der Waals surface area contributed by atoms with Gasteiger partial charge in [0.25, 0.3) is 0 Å². The summed E-state index contributed by atoms with van der Waals surface area (Å²) in [5, 5.41) is 12.7. The van der Waals surface area contributed by atoms with E-state index in [1.807, 2.05) is 20.8 Å². The number of hydrogen-bond acceptors (Lipinski definition) is 4. The minimum atomic E-state index is -0.884. The molecule has 0 aliphatic carbocycles. The van der Waals surface area contributed by atoms with Crippen LogP contribution in [-0.4, -0.2) is 22.0 Å². The maximum atomic E-state index is 12.0. The van der Waals surface area contributed by atoms with Gasteiger partial charge in [0.1, 0.15) is 0 Å². The molecule has 1 amide bonds. The zero-order valence-corrected chi connectivity index (χ0v) is 13.4. The molecule has 0 saturated heterocycles. The lowest BCUT2D eigenvalue weighted by atomic mass is 9.85. The van der Waals surface area contributed by atoms with Gasteiger partial charge < -0.3 is 10.4 Å². The molecule has 0 bridgehead atoms. The Balaban J connectivity index is 2.62. The van der Waals surface area contributed by atoms with Crippen LogP contribution in [0, 0.1) is 19.3 Å². The van der Waals surface area contributed by atoms with Crippen molar-refractivity contribution in [1.29, 1.82) is 0 Å². The van der Waals surface area contributed by atoms with Crippen molar-refractivity contribution in [2.45, 2.75) is 53.5 Å². The summed E-state index contributed by atoms with van der Waals surface area (Å²) in [6.07, 6.45) is 0.175. The third-order valence-electron chi connectivity index (χ3n) is 2.98. The minimum Gasteiger partial charge on any atom is -0.481 e. The molecular formula is C14H22N2O3S. The molecule has 5 nitrogen and oxygen atoms in total. The van der Waals surface area contributed by atoms with Crippen molar-refractivity contribution in [2.75, 3.05) is 0 Å². The Labute approximate surface area is 123 Å². The van der Waals surface area contributed by atoms with Gasteiger partial charge in [-0.05, 0) is 26.2 Å². The second-order valence-electron chi connectivity index (χ2n) is 5.88. The standard InChI is InChI=1S/C14H22N2O3S/c1-8-13(20-10(3)15-8)9(2)16-11(17)6-14(4,5)7-12(18)19/h9H,6-7H2,1-5H3,(H,16,17)(H,18,19). The molecule has 0 aliphatic rings. The first-order valence-electron chi connectivity index (χ1n) is 6.56. The summed E-state index contributed by atoms with van der Waals surface area (Å²) in [5.41, 5.74) is 0.388. The number of hydrogen-bond donors (Lipinski definition) is 2. The first-order valence-corrected chi connectivity index (χ1v) is 7.37. The Hall–Kier alpha value is -1.43. The molecule has 1 aromatic heterocycles. The monoisotopic (exact) mass is 298 g/mol. The first kappa shape index (κ1) is 16.6. The lowest BCUT2D eigenvalue weighted by Crippen LogP contribution is -2.31. The second kappa shape index (κ2) is 6.35. The van der Waals surface area contributed by atoms with E-state index in [0.717, 1.165) is 15.6 Å². The number of carboxylic acids is 1. The molecule has 0 fully saturated rings. The predicted molar refractivity (Wildman–Crippen MR) is 78.8 cm³/mol. The van der Waals surface area contributed by atoms with Crippen molar-refractivity contribution >= 4 is 23.2 Å². The molecular weight excluding hydrogens is 276 g/mol. The summed E-state index contributed by atoms with van der Waals surface area (Å²) in [7, 11) is 0. The Morgan fingerprint density at radius 1 is 1.35 bits per heavy atom. The van der Waals surface area contributed by atoms with Gasteiger partial charge in [-0.25, -0.2) is 4.98 Å². The van der Waals surface area contributed by atoms with E-state index in [2.05, 4.69) is 10.3 Å². The second-order valence-corrected chi connectivity index (χ2v) is 7.12. The third kappa shape index (κ3) is 4.92. The van der Waals surface area contributed by atoms with Crippen molar-refractivity contribution in [2.24, 2.45) is 5.41 Å². The summed E-state index contributed by atoms with van der Waals surface area (Å²) < 4.78 is 0. The van der Waals surface area contributed by atoms with Crippen molar-refractivity contribution in [3.8, 4) is 0 Å². The van der Waals surface area contributed by atoms with Gasteiger partial charge in [0, 0.05) is 11.3 Å². The molecule has 6 heteroatoms. The van der Waals surface area contributed by atoms with E-state index < -0.39 is 11.4 Å². The van der Waals surface area contributed by atoms with E-state index in [0.29, 0.717) is 0 Å². The summed E-state index contributed by atoms with van der Waals surface area (Å²) in [5.74, 6) is -1.01. The molecule has 1 aromatic rings. The van der Waals surface area contributed by atoms with Crippen LogP contribution in [0.5, 0.6) is 0 Å². The number of carbonyl (C=O) groups is 2. The Morgan fingerprint density at radius 2 is 1.95 bits per heavy atom. The van der Waals surface area contributed by atoms with Gasteiger partial charge in [-0.15, -0.1) is 11.3 Å². The van der Waals surface area contributed by atoms with Crippen LogP contribution in [0.25, 0.3) is 0 Å². The smallest absolute Gasteiger partial charge is 0.303 e. The zero-order valence-electron chi connectivity index (χ0n) is 12.6. The van der Waals surface area contributed by atoms with E-state index in [-0.39, 0.29) is 24.8 Å². The number of carbonyl (C=O) groups excluding carboxylic acids is 1. The predicted octanol–water partition coefficient (Wildman–Crippen LogP) is 2.83. The highest BCUT2D eigenvalue weighted by Gasteiger charge is 2.26. The Morgan fingerprint density at radius 3 is 2.40 bits per heavy atom. The number of aromatic nitrogens is 1. The van der Waals surface area contributed by atoms with Crippen LogP contribution in [0.3, 0.4) is 0 Å². The number of aryl methyl sites for hydroxylation is 2. The SMILES string of the molecule is Cc1nc(C)c(C(C)NC(=O)CC(C)(C)CC(=O)O)s1. The lowest BCUT2D eigenvalue weighted by molar-refractivity contribution is -0.139. The van der Waals surface area contributed by atoms with Crippen LogP contribution >= 0.6 is 11.3 Å². The molecule has 20 heavy (non-hydrogen) atoms. The average Bonchev–Trinajstić information content (AvgIpc) is 2.54. The van der Waals surface area contributed by atoms with Crippen LogP contribution in [0.15, 0.2) is 0 Å². The van der Waals surface area contributed by atoms with Crippen LogP contribution in [0.2, 0.25) is 0 Å². The molecule has 2 N–H and O–H groups in total. The summed E-state index contributed by atoms with van der Waals surface area (Å²) in [4.78, 5) is 28.2. The molecule has 1 unspecified atom stereocenters. The van der Waals surface area contributed by atoms with E-state index in [1.165, 1.54) is 0 Å². The van der Waals surface area contributed by atoms with Gasteiger partial charge in [0.05, 0.1) is 23.2 Å². The quantitative estimate of drug-likeness (QED) is 0.846. The van der Waals surface area contributed by atoms with E-state index >= 15 is 0 Å². The fourth-order valence-electron chi connectivity index (χ4n) is 2.21. The van der Waals surface area contributed by atoms with Gasteiger partial charge in [0.15, 0.2) is 0 Å². The van der Waals surface area contributed by atoms with Gasteiger partial charge in [0.2, 0.25) is 5.91 Å². The van der Waals surface area contributed by atoms with Gasteiger partial charge >= 0.3 is 5.97 Å². The molecule has 1 rings (SSSR count). The Bertz CT molecular complexity index is 509. The van der Waals surface area contributed by atoms with E-state index in [9.17, 15) is 9.59 Å². The molecule has 112 valence electrons. The average molecular weight is 298 g/mol. The fraction of sp³-hybridized carbons (Fsp3) is 0.643. The Kier molecular flexibility index (Phi) is 5.28. The van der Waals surface area contributed by atoms with Crippen molar-refractivity contribution in [3.05, 3.63) is 15.6 Å². The normalized spacial score (nSPS) is 13.1. The highest BCUT2D eigenvalue weighted by molar-refractivity contribution is 7.11. The number of rotatable bonds is 6. The number of nitrogens with one attached hydrogen (secondary N) is 1. The highest BCUT2D eigenvalue weighted by Crippen LogP contribution is 2.27. The minimum absolute atomic E-state index is 0.0203. The largest absolute Gasteiger partial charge is 0.481 e. The lowest BCUT2D eigenvalue weighted by Gasteiger charge is -2.23. The van der Waals surface area contributed by atoms with Crippen LogP contribution in [-0.2, 0) is 9.59 Å². The van der Waals surface area contributed by atoms with Crippen LogP contribution in [0.4, 0.5) is 0 Å². The van der Waals surface area contributed by atoms with Gasteiger partial charge in [-0.2, -0.15) is 0 Å². The van der Waals surface area contributed by atoms with Gasteiger partial charge in [-0.3, -0.25) is 9.59 Å². The summed E-state index contributed by atoms with van der Waals surface area (Å²) in [6.45, 7) is 9.35. The molecule has 1 atom stereocenters. The number of thiazole rings is 1. The number of amides is 1. The summed E-state index contributed by atoms with van der Waals surface area (Å²) in [6, 6.07) is -0.102. The van der Waals surface area contributed by atoms with Crippen LogP contribution < -0.4 is 5.32 Å². The number of carboxylic acid groups (broad SMARTS) is 1. The van der Waals surface area contributed by atoms with Gasteiger partial charge in [-0.1, -0.05) is 13.8 Å². The van der Waals surface area contributed by atoms with Crippen molar-refractivity contribution in [1.82, 2.24) is 10.3 Å². The molecule has 0 spiro atoms. The summed E-state index contributed by atoms with van der Waals surface area (Å²) >= 11 is 1.57. The number of nitrogens with zero attached hydrogens (tertiary/aromatic N) is 1. The van der Waals surface area contributed by atoms with Crippen LogP contribution in [0.1, 0.15) is 55.2 Å². The highest BCUT2D eigenvalue weighted by atomic mass is 32.1. The topological polar surface area (TPSA) is 79.3 Å². The molecule has 0 aromatic carbocycles. The van der Waals surface area contributed by atoms with Crippen molar-refractivity contribution < 1.29 is 14.7 Å². The maximum Gasteiger partial charge on any atom is 0.303 e. The van der Waals surface area contributed by atoms with E-state index in [4.69, 9.17) is 5.11 Å². The molecule has 0 radical (unpaired) electrons. The molecule has 0 aliphatic heterocycles. The van der Waals surface area contributed by atoms with E-state index in [1.54, 1.807) is 25.2 Å². The fourth-order valence-corrected chi connectivity index (χ4v) is 3.14.